The van der Waals surface area contributed by atoms with E-state index in [4.69, 9.17) is 9.05 Å². The molecule has 26 heavy (non-hydrogen) atoms. The molecule has 0 heterocycles. The van der Waals surface area contributed by atoms with E-state index in [-0.39, 0.29) is 35.7 Å². The summed E-state index contributed by atoms with van der Waals surface area (Å²) in [5, 5.41) is 22.0. The van der Waals surface area contributed by atoms with Gasteiger partial charge in [0.15, 0.2) is 0 Å². The van der Waals surface area contributed by atoms with Crippen molar-refractivity contribution in [2.75, 3.05) is 0 Å². The summed E-state index contributed by atoms with van der Waals surface area (Å²) < 4.78 is 10.7. The van der Waals surface area contributed by atoms with Gasteiger partial charge in [-0.2, -0.15) is 0 Å². The van der Waals surface area contributed by atoms with Gasteiger partial charge < -0.3 is 0 Å². The number of benzene rings is 2. The zero-order valence-corrected chi connectivity index (χ0v) is 14.6. The summed E-state index contributed by atoms with van der Waals surface area (Å²) in [6, 6.07) is 11.9. The Bertz CT molecular complexity index is 766. The van der Waals surface area contributed by atoms with Gasteiger partial charge in [0.2, 0.25) is 0 Å². The molecule has 0 aliphatic carbocycles. The summed E-state index contributed by atoms with van der Waals surface area (Å²) in [7, 11) is -3.89. The van der Waals surface area contributed by atoms with Crippen LogP contribution in [0.1, 0.15) is 11.1 Å². The second kappa shape index (κ2) is 8.59. The van der Waals surface area contributed by atoms with Crippen LogP contribution in [0.5, 0.6) is 0 Å². The first-order chi connectivity index (χ1) is 12.4. The molecule has 10 heteroatoms. The molecule has 9 nitrogen and oxygen atoms in total. The molecular weight excluding hydrogens is 363 g/mol. The molecule has 0 aromatic heterocycles. The van der Waals surface area contributed by atoms with Crippen LogP contribution in [0.2, 0.25) is 0 Å². The minimum atomic E-state index is -3.89. The van der Waals surface area contributed by atoms with Gasteiger partial charge in [-0.05, 0) is 0 Å². The minimum absolute atomic E-state index is 0.147. The van der Waals surface area contributed by atoms with E-state index in [1.165, 1.54) is 36.4 Å². The first kappa shape index (κ1) is 19.6. The summed E-state index contributed by atoms with van der Waals surface area (Å²) in [6.45, 7) is 2.94. The number of para-hydroxylation sites is 2. The zero-order valence-electron chi connectivity index (χ0n) is 13.6. The van der Waals surface area contributed by atoms with Gasteiger partial charge in [-0.1, -0.05) is 0 Å². The Morgan fingerprint density at radius 1 is 0.923 bits per heavy atom. The molecule has 1 N–H and O–H groups in total. The van der Waals surface area contributed by atoms with E-state index in [9.17, 15) is 25.1 Å². The second-order valence-corrected chi connectivity index (χ2v) is 7.43. The molecule has 0 saturated heterocycles. The predicted octanol–water partition coefficient (Wildman–Crippen LogP) is 3.87. The third-order valence-corrected chi connectivity index (χ3v) is 5.14. The molecule has 0 unspecified atom stereocenters. The summed E-state index contributed by atoms with van der Waals surface area (Å²) in [4.78, 5) is 31.4. The van der Waals surface area contributed by atoms with Gasteiger partial charge >= 0.3 is 149 Å². The summed E-state index contributed by atoms with van der Waals surface area (Å²) in [5.41, 5.74) is 0.234. The fourth-order valence-corrected chi connectivity index (χ4v) is 3.19. The SMILES string of the molecule is C=C[PH](O)(OCc1ccccc1[N+](=O)[O-])OCc1ccccc1[N+](=O)[O-]. The maximum atomic E-state index is 11.0. The molecule has 0 saturated carbocycles. The van der Waals surface area contributed by atoms with Gasteiger partial charge in [0.25, 0.3) is 0 Å². The van der Waals surface area contributed by atoms with Crippen molar-refractivity contribution in [3.63, 3.8) is 0 Å². The Hall–Kier alpha value is -2.71. The van der Waals surface area contributed by atoms with Crippen LogP contribution in [0.3, 0.4) is 0 Å². The molecular formula is C16H17N2O7P. The van der Waals surface area contributed by atoms with Gasteiger partial charge in [-0.3, -0.25) is 0 Å². The van der Waals surface area contributed by atoms with Crippen molar-refractivity contribution in [3.05, 3.63) is 92.3 Å². The Balaban J connectivity index is 2.09. The molecule has 2 aromatic carbocycles. The van der Waals surface area contributed by atoms with Gasteiger partial charge in [0, 0.05) is 0 Å². The third kappa shape index (κ3) is 4.90. The van der Waals surface area contributed by atoms with Crippen LogP contribution in [-0.4, -0.2) is 14.7 Å². The van der Waals surface area contributed by atoms with E-state index in [0.717, 1.165) is 5.82 Å². The maximum absolute atomic E-state index is 11.0. The van der Waals surface area contributed by atoms with E-state index in [0.29, 0.717) is 0 Å². The van der Waals surface area contributed by atoms with Gasteiger partial charge in [-0.25, -0.2) is 0 Å². The van der Waals surface area contributed by atoms with Crippen LogP contribution in [0.4, 0.5) is 11.4 Å². The predicted molar refractivity (Wildman–Crippen MR) is 96.5 cm³/mol. The van der Waals surface area contributed by atoms with Crippen molar-refractivity contribution < 1.29 is 23.8 Å². The second-order valence-electron chi connectivity index (χ2n) is 5.18. The Morgan fingerprint density at radius 3 is 1.65 bits per heavy atom. The van der Waals surface area contributed by atoms with Crippen LogP contribution < -0.4 is 0 Å². The van der Waals surface area contributed by atoms with Crippen LogP contribution >= 0.6 is 7.94 Å². The summed E-state index contributed by atoms with van der Waals surface area (Å²) >= 11 is 0. The Labute approximate surface area is 149 Å². The summed E-state index contributed by atoms with van der Waals surface area (Å²) in [5.74, 6) is 1.09. The molecule has 0 aliphatic heterocycles. The number of nitro benzene ring substituents is 2. The van der Waals surface area contributed by atoms with E-state index < -0.39 is 17.8 Å². The average Bonchev–Trinajstić information content (AvgIpc) is 2.65. The standard InChI is InChI=1S/C16H17N2O7P/c1-2-26(23,24-11-13-7-3-5-9-15(13)17(19)20)25-12-14-8-4-6-10-16(14)18(21)22/h2-10,23,26H,1,11-12H2. The number of hydrogen-bond acceptors (Lipinski definition) is 7. The molecule has 2 aromatic rings. The topological polar surface area (TPSA) is 125 Å². The number of nitrogens with zero attached hydrogens (tertiary/aromatic N) is 2. The molecule has 0 amide bonds. The molecule has 0 aliphatic rings. The van der Waals surface area contributed by atoms with E-state index in [1.807, 2.05) is 0 Å². The zero-order chi connectivity index (χ0) is 19.2. The van der Waals surface area contributed by atoms with Gasteiger partial charge in [0.05, 0.1) is 0 Å². The molecule has 0 fully saturated rings. The number of hydrogen-bond donors (Lipinski definition) is 1. The first-order valence-electron chi connectivity index (χ1n) is 7.45. The molecule has 0 bridgehead atoms. The van der Waals surface area contributed by atoms with Crippen molar-refractivity contribution in [2.45, 2.75) is 13.2 Å². The Morgan fingerprint density at radius 2 is 1.31 bits per heavy atom. The van der Waals surface area contributed by atoms with Crippen molar-refractivity contribution in [3.8, 4) is 0 Å². The third-order valence-electron chi connectivity index (χ3n) is 3.50. The molecule has 0 radical (unpaired) electrons. The van der Waals surface area contributed by atoms with Crippen molar-refractivity contribution >= 4 is 19.3 Å². The summed E-state index contributed by atoms with van der Waals surface area (Å²) in [6.07, 6.45) is 0. The van der Waals surface area contributed by atoms with E-state index >= 15 is 0 Å². The molecule has 2 rings (SSSR count). The fourth-order valence-electron chi connectivity index (χ4n) is 2.14. The number of rotatable bonds is 9. The van der Waals surface area contributed by atoms with Crippen LogP contribution in [0.15, 0.2) is 60.9 Å². The monoisotopic (exact) mass is 380 g/mol. The Kier molecular flexibility index (Phi) is 6.48. The molecule has 0 atom stereocenters. The van der Waals surface area contributed by atoms with Crippen molar-refractivity contribution in [1.82, 2.24) is 0 Å². The van der Waals surface area contributed by atoms with Crippen LogP contribution in [-0.2, 0) is 22.3 Å². The molecule has 138 valence electrons. The van der Waals surface area contributed by atoms with Crippen LogP contribution in [0, 0.1) is 20.2 Å². The molecule has 0 spiro atoms. The number of nitro groups is 2. The fraction of sp³-hybridized carbons (Fsp3) is 0.125. The van der Waals surface area contributed by atoms with Crippen molar-refractivity contribution in [2.24, 2.45) is 0 Å². The van der Waals surface area contributed by atoms with E-state index in [2.05, 4.69) is 6.58 Å². The normalized spacial score (nSPS) is 11.7. The van der Waals surface area contributed by atoms with Gasteiger partial charge in [-0.15, -0.1) is 0 Å². The van der Waals surface area contributed by atoms with Crippen molar-refractivity contribution in [1.29, 1.82) is 0 Å². The van der Waals surface area contributed by atoms with E-state index in [1.54, 1.807) is 12.1 Å². The first-order valence-corrected chi connectivity index (χ1v) is 9.29. The van der Waals surface area contributed by atoms with Crippen LogP contribution in [0.25, 0.3) is 0 Å². The average molecular weight is 380 g/mol. The van der Waals surface area contributed by atoms with Gasteiger partial charge in [0.1, 0.15) is 0 Å². The quantitative estimate of drug-likeness (QED) is 0.398.